The van der Waals surface area contributed by atoms with E-state index in [4.69, 9.17) is 11.5 Å². The molecule has 2 heterocycles. The number of aromatic nitrogens is 3. The largest absolute Gasteiger partial charge is 0.399 e. The average molecular weight is 258 g/mol. The third-order valence-corrected chi connectivity index (χ3v) is 3.27. The first-order valence-electron chi connectivity index (χ1n) is 5.96. The fraction of sp³-hybridized carbons (Fsp3) is 0.250. The monoisotopic (exact) mass is 258 g/mol. The number of nitrogens with two attached hydrogens (primary N) is 2. The van der Waals surface area contributed by atoms with E-state index in [1.54, 1.807) is 24.5 Å². The van der Waals surface area contributed by atoms with E-state index in [9.17, 15) is 4.79 Å². The molecule has 0 bridgehead atoms. The Kier molecular flexibility index (Phi) is 2.59. The zero-order valence-corrected chi connectivity index (χ0v) is 10.3. The minimum Gasteiger partial charge on any atom is -0.399 e. The number of benzene rings is 1. The SMILES string of the molecule is NC(=O)c1ccc(N)cc1N1CCn2cnnc2C1. The lowest BCUT2D eigenvalue weighted by atomic mass is 10.1. The molecule has 2 aromatic rings. The van der Waals surface area contributed by atoms with E-state index in [1.165, 1.54) is 0 Å². The minimum absolute atomic E-state index is 0.456. The molecule has 0 aliphatic carbocycles. The van der Waals surface area contributed by atoms with Gasteiger partial charge in [0, 0.05) is 18.8 Å². The van der Waals surface area contributed by atoms with Crippen LogP contribution < -0.4 is 16.4 Å². The second kappa shape index (κ2) is 4.27. The Morgan fingerprint density at radius 1 is 1.32 bits per heavy atom. The molecule has 0 saturated heterocycles. The molecular formula is C12H14N6O. The first-order valence-corrected chi connectivity index (χ1v) is 5.96. The maximum Gasteiger partial charge on any atom is 0.250 e. The first kappa shape index (κ1) is 11.5. The highest BCUT2D eigenvalue weighted by molar-refractivity contribution is 5.99. The zero-order valence-electron chi connectivity index (χ0n) is 10.3. The van der Waals surface area contributed by atoms with Gasteiger partial charge in [-0.05, 0) is 18.2 Å². The van der Waals surface area contributed by atoms with Gasteiger partial charge >= 0.3 is 0 Å². The van der Waals surface area contributed by atoms with Crippen molar-refractivity contribution in [1.29, 1.82) is 0 Å². The Morgan fingerprint density at radius 3 is 2.95 bits per heavy atom. The van der Waals surface area contributed by atoms with Crippen molar-refractivity contribution in [1.82, 2.24) is 14.8 Å². The van der Waals surface area contributed by atoms with E-state index in [0.717, 1.165) is 24.6 Å². The number of primary amides is 1. The number of rotatable bonds is 2. The van der Waals surface area contributed by atoms with Crippen LogP contribution in [0.5, 0.6) is 0 Å². The van der Waals surface area contributed by atoms with Gasteiger partial charge in [-0.1, -0.05) is 0 Å². The molecule has 1 amide bonds. The molecule has 98 valence electrons. The van der Waals surface area contributed by atoms with E-state index < -0.39 is 5.91 Å². The molecule has 0 saturated carbocycles. The van der Waals surface area contributed by atoms with Gasteiger partial charge in [-0.25, -0.2) is 0 Å². The number of anilines is 2. The van der Waals surface area contributed by atoms with E-state index >= 15 is 0 Å². The van der Waals surface area contributed by atoms with Gasteiger partial charge in [0.05, 0.1) is 17.8 Å². The van der Waals surface area contributed by atoms with Crippen molar-refractivity contribution in [2.24, 2.45) is 5.73 Å². The van der Waals surface area contributed by atoms with Crippen LogP contribution in [0.25, 0.3) is 0 Å². The predicted molar refractivity (Wildman–Crippen MR) is 70.4 cm³/mol. The van der Waals surface area contributed by atoms with Gasteiger partial charge in [0.25, 0.3) is 5.91 Å². The number of carbonyl (C=O) groups excluding carboxylic acids is 1. The number of hydrogen-bond donors (Lipinski definition) is 2. The number of hydrogen-bond acceptors (Lipinski definition) is 5. The quantitative estimate of drug-likeness (QED) is 0.737. The lowest BCUT2D eigenvalue weighted by Gasteiger charge is -2.30. The molecule has 0 atom stereocenters. The highest BCUT2D eigenvalue weighted by Gasteiger charge is 2.21. The number of amides is 1. The summed E-state index contributed by atoms with van der Waals surface area (Å²) in [4.78, 5) is 13.5. The van der Waals surface area contributed by atoms with Crippen LogP contribution in [-0.2, 0) is 13.1 Å². The van der Waals surface area contributed by atoms with Crippen LogP contribution in [0.2, 0.25) is 0 Å². The lowest BCUT2D eigenvalue weighted by molar-refractivity contribution is 0.100. The summed E-state index contributed by atoms with van der Waals surface area (Å²) in [5, 5.41) is 7.93. The number of nitrogens with zero attached hydrogens (tertiary/aromatic N) is 4. The van der Waals surface area contributed by atoms with Crippen LogP contribution in [0.4, 0.5) is 11.4 Å². The van der Waals surface area contributed by atoms with Crippen molar-refractivity contribution in [3.63, 3.8) is 0 Å². The third-order valence-electron chi connectivity index (χ3n) is 3.27. The van der Waals surface area contributed by atoms with Crippen LogP contribution in [0, 0.1) is 0 Å². The summed E-state index contributed by atoms with van der Waals surface area (Å²) in [6, 6.07) is 5.11. The maximum absolute atomic E-state index is 11.5. The molecule has 0 spiro atoms. The minimum atomic E-state index is -0.456. The molecule has 19 heavy (non-hydrogen) atoms. The van der Waals surface area contributed by atoms with Crippen molar-refractivity contribution in [2.45, 2.75) is 13.1 Å². The number of nitrogen functional groups attached to an aromatic ring is 1. The van der Waals surface area contributed by atoms with Gasteiger partial charge in [-0.2, -0.15) is 0 Å². The van der Waals surface area contributed by atoms with Crippen LogP contribution in [0.3, 0.4) is 0 Å². The fourth-order valence-electron chi connectivity index (χ4n) is 2.29. The Hall–Kier alpha value is -2.57. The van der Waals surface area contributed by atoms with Gasteiger partial charge in [0.15, 0.2) is 5.82 Å². The lowest BCUT2D eigenvalue weighted by Crippen LogP contribution is -2.35. The summed E-state index contributed by atoms with van der Waals surface area (Å²) in [5.41, 5.74) is 13.0. The molecule has 0 fully saturated rings. The van der Waals surface area contributed by atoms with E-state index in [1.807, 2.05) is 9.47 Å². The molecule has 0 unspecified atom stereocenters. The van der Waals surface area contributed by atoms with Crippen molar-refractivity contribution in [2.75, 3.05) is 17.2 Å². The second-order valence-corrected chi connectivity index (χ2v) is 4.50. The Balaban J connectivity index is 1.99. The third kappa shape index (κ3) is 1.99. The average Bonchev–Trinajstić information content (AvgIpc) is 2.85. The zero-order chi connectivity index (χ0) is 13.4. The molecule has 1 aromatic carbocycles. The van der Waals surface area contributed by atoms with Gasteiger partial charge in [-0.15, -0.1) is 10.2 Å². The summed E-state index contributed by atoms with van der Waals surface area (Å²) in [7, 11) is 0. The van der Waals surface area contributed by atoms with E-state index in [0.29, 0.717) is 17.8 Å². The van der Waals surface area contributed by atoms with Crippen LogP contribution in [0.1, 0.15) is 16.2 Å². The molecule has 7 nitrogen and oxygen atoms in total. The molecule has 0 radical (unpaired) electrons. The van der Waals surface area contributed by atoms with E-state index in [-0.39, 0.29) is 0 Å². The predicted octanol–water partition coefficient (Wildman–Crippen LogP) is -0.0206. The summed E-state index contributed by atoms with van der Waals surface area (Å²) >= 11 is 0. The smallest absolute Gasteiger partial charge is 0.250 e. The normalized spacial score (nSPS) is 14.2. The number of carbonyl (C=O) groups is 1. The molecule has 3 rings (SSSR count). The van der Waals surface area contributed by atoms with Crippen molar-refractivity contribution >= 4 is 17.3 Å². The van der Waals surface area contributed by atoms with E-state index in [2.05, 4.69) is 10.2 Å². The molecule has 4 N–H and O–H groups in total. The van der Waals surface area contributed by atoms with Crippen LogP contribution >= 0.6 is 0 Å². The van der Waals surface area contributed by atoms with Gasteiger partial charge in [-0.3, -0.25) is 4.79 Å². The van der Waals surface area contributed by atoms with Gasteiger partial charge in [0.1, 0.15) is 6.33 Å². The van der Waals surface area contributed by atoms with Crippen molar-refractivity contribution < 1.29 is 4.79 Å². The van der Waals surface area contributed by atoms with Crippen LogP contribution in [-0.4, -0.2) is 27.2 Å². The topological polar surface area (TPSA) is 103 Å². The summed E-state index contributed by atoms with van der Waals surface area (Å²) in [6.07, 6.45) is 1.71. The maximum atomic E-state index is 11.5. The first-order chi connectivity index (χ1) is 9.15. The molecule has 1 aliphatic rings. The standard InChI is InChI=1S/C12H14N6O/c13-8-1-2-9(12(14)19)10(5-8)17-3-4-18-7-15-16-11(18)6-17/h1-2,5,7H,3-4,6,13H2,(H2,14,19). The highest BCUT2D eigenvalue weighted by atomic mass is 16.1. The van der Waals surface area contributed by atoms with Gasteiger partial charge in [0.2, 0.25) is 0 Å². The molecule has 1 aliphatic heterocycles. The van der Waals surface area contributed by atoms with Crippen molar-refractivity contribution in [3.05, 3.63) is 35.9 Å². The summed E-state index contributed by atoms with van der Waals surface area (Å²) < 4.78 is 1.99. The molecule has 1 aromatic heterocycles. The number of fused-ring (bicyclic) bond motifs is 1. The molecule has 7 heteroatoms. The Labute approximate surface area is 109 Å². The van der Waals surface area contributed by atoms with Crippen LogP contribution in [0.15, 0.2) is 24.5 Å². The Bertz CT molecular complexity index is 635. The fourth-order valence-corrected chi connectivity index (χ4v) is 2.29. The summed E-state index contributed by atoms with van der Waals surface area (Å²) in [5.74, 6) is 0.408. The summed E-state index contributed by atoms with van der Waals surface area (Å²) in [6.45, 7) is 2.12. The molecular weight excluding hydrogens is 244 g/mol. The Morgan fingerprint density at radius 2 is 2.16 bits per heavy atom. The van der Waals surface area contributed by atoms with Crippen molar-refractivity contribution in [3.8, 4) is 0 Å². The second-order valence-electron chi connectivity index (χ2n) is 4.50. The van der Waals surface area contributed by atoms with Gasteiger partial charge < -0.3 is 20.9 Å². The highest BCUT2D eigenvalue weighted by Crippen LogP contribution is 2.26.